The van der Waals surface area contributed by atoms with Crippen LogP contribution < -0.4 is 0 Å². The van der Waals surface area contributed by atoms with Crippen molar-refractivity contribution in [3.05, 3.63) is 33.1 Å². The summed E-state index contributed by atoms with van der Waals surface area (Å²) in [6.45, 7) is 2.02. The monoisotopic (exact) mass is 269 g/mol. The van der Waals surface area contributed by atoms with Gasteiger partial charge in [0, 0.05) is 10.4 Å². The number of aromatic hydroxyl groups is 1. The molecule has 0 bridgehead atoms. The normalized spacial score (nSPS) is 10.4. The number of thiazole rings is 1. The molecule has 1 aromatic heterocycles. The van der Waals surface area contributed by atoms with Crippen LogP contribution in [0, 0.1) is 6.92 Å². The Balaban J connectivity index is 2.54. The van der Waals surface area contributed by atoms with Gasteiger partial charge in [-0.05, 0) is 35.0 Å². The number of phenols is 1. The van der Waals surface area contributed by atoms with Crippen LogP contribution in [0.1, 0.15) is 4.88 Å². The fourth-order valence-electron chi connectivity index (χ4n) is 1.29. The number of aromatic nitrogens is 1. The van der Waals surface area contributed by atoms with E-state index < -0.39 is 0 Å². The second kappa shape index (κ2) is 3.71. The Hall–Kier alpha value is -0.870. The molecule has 2 nitrogen and oxygen atoms in total. The van der Waals surface area contributed by atoms with Gasteiger partial charge < -0.3 is 5.11 Å². The Morgan fingerprint density at radius 2 is 2.21 bits per heavy atom. The van der Waals surface area contributed by atoms with Crippen LogP contribution in [0.5, 0.6) is 5.75 Å². The quantitative estimate of drug-likeness (QED) is 0.859. The molecule has 0 atom stereocenters. The molecule has 14 heavy (non-hydrogen) atoms. The lowest BCUT2D eigenvalue weighted by atomic mass is 10.1. The zero-order valence-electron chi connectivity index (χ0n) is 7.49. The minimum Gasteiger partial charge on any atom is -0.508 e. The van der Waals surface area contributed by atoms with Crippen molar-refractivity contribution in [1.29, 1.82) is 0 Å². The highest BCUT2D eigenvalue weighted by Gasteiger charge is 2.08. The van der Waals surface area contributed by atoms with Gasteiger partial charge in [-0.3, -0.25) is 0 Å². The van der Waals surface area contributed by atoms with Gasteiger partial charge in [0.25, 0.3) is 0 Å². The Labute approximate surface area is 94.4 Å². The molecular weight excluding hydrogens is 262 g/mol. The number of benzene rings is 1. The lowest BCUT2D eigenvalue weighted by Crippen LogP contribution is -1.79. The number of nitrogens with zero attached hydrogens (tertiary/aromatic N) is 1. The second-order valence-corrected chi connectivity index (χ2v) is 5.40. The molecule has 0 amide bonds. The van der Waals surface area contributed by atoms with Crippen molar-refractivity contribution in [2.45, 2.75) is 6.92 Å². The van der Waals surface area contributed by atoms with E-state index in [1.807, 2.05) is 19.1 Å². The predicted molar refractivity (Wildman–Crippen MR) is 61.7 cm³/mol. The molecule has 1 N–H and O–H groups in total. The summed E-state index contributed by atoms with van der Waals surface area (Å²) in [5.41, 5.74) is 1.88. The van der Waals surface area contributed by atoms with Gasteiger partial charge in [-0.15, -0.1) is 11.3 Å². The number of hydrogen-bond acceptors (Lipinski definition) is 3. The molecule has 0 unspecified atom stereocenters. The predicted octanol–water partition coefficient (Wildman–Crippen LogP) is 3.59. The van der Waals surface area contributed by atoms with Crippen molar-refractivity contribution in [3.8, 4) is 17.0 Å². The zero-order valence-corrected chi connectivity index (χ0v) is 9.89. The molecule has 0 saturated heterocycles. The van der Waals surface area contributed by atoms with E-state index in [0.717, 1.165) is 20.1 Å². The van der Waals surface area contributed by atoms with E-state index in [1.54, 1.807) is 23.5 Å². The first-order chi connectivity index (χ1) is 6.66. The highest BCUT2D eigenvalue weighted by atomic mass is 79.9. The third-order valence-electron chi connectivity index (χ3n) is 1.89. The average molecular weight is 270 g/mol. The molecule has 1 aromatic carbocycles. The van der Waals surface area contributed by atoms with Crippen LogP contribution in [0.4, 0.5) is 0 Å². The second-order valence-electron chi connectivity index (χ2n) is 2.92. The van der Waals surface area contributed by atoms with Gasteiger partial charge in [0.15, 0.2) is 3.92 Å². The molecule has 72 valence electrons. The number of halogens is 1. The summed E-state index contributed by atoms with van der Waals surface area (Å²) in [5, 5.41) is 9.34. The molecule has 2 rings (SSSR count). The highest BCUT2D eigenvalue weighted by molar-refractivity contribution is 9.11. The number of rotatable bonds is 1. The summed E-state index contributed by atoms with van der Waals surface area (Å²) in [5.74, 6) is 0.269. The number of phenolic OH excluding ortho intramolecular Hbond substituents is 1. The molecule has 1 heterocycles. The van der Waals surface area contributed by atoms with Crippen LogP contribution in [-0.4, -0.2) is 10.1 Å². The standard InChI is InChI=1S/C10H8BrNOS/c1-6-9(12-10(11)14-6)7-3-2-4-8(13)5-7/h2-5,13H,1H3. The summed E-state index contributed by atoms with van der Waals surface area (Å²) < 4.78 is 0.869. The molecule has 2 aromatic rings. The van der Waals surface area contributed by atoms with Crippen LogP contribution in [0.15, 0.2) is 28.2 Å². The topological polar surface area (TPSA) is 33.1 Å². The van der Waals surface area contributed by atoms with E-state index in [2.05, 4.69) is 20.9 Å². The molecule has 0 fully saturated rings. The minimum absolute atomic E-state index is 0.269. The van der Waals surface area contributed by atoms with Gasteiger partial charge in [0.1, 0.15) is 5.75 Å². The number of hydrogen-bond donors (Lipinski definition) is 1. The fourth-order valence-corrected chi connectivity index (χ4v) is 2.84. The summed E-state index contributed by atoms with van der Waals surface area (Å²) in [4.78, 5) is 5.49. The van der Waals surface area contributed by atoms with Gasteiger partial charge in [0.05, 0.1) is 5.69 Å². The number of aryl methyl sites for hydroxylation is 1. The Bertz CT molecular complexity index is 467. The third-order valence-corrected chi connectivity index (χ3v) is 3.31. The van der Waals surface area contributed by atoms with Crippen molar-refractivity contribution in [1.82, 2.24) is 4.98 Å². The third kappa shape index (κ3) is 1.81. The molecule has 0 aliphatic rings. The molecule has 4 heteroatoms. The van der Waals surface area contributed by atoms with Crippen LogP contribution in [-0.2, 0) is 0 Å². The maximum atomic E-state index is 9.34. The Morgan fingerprint density at radius 1 is 1.43 bits per heavy atom. The average Bonchev–Trinajstić information content (AvgIpc) is 2.45. The van der Waals surface area contributed by atoms with Crippen LogP contribution in [0.3, 0.4) is 0 Å². The van der Waals surface area contributed by atoms with Gasteiger partial charge >= 0.3 is 0 Å². The smallest absolute Gasteiger partial charge is 0.160 e. The summed E-state index contributed by atoms with van der Waals surface area (Å²) >= 11 is 4.94. The van der Waals surface area contributed by atoms with Gasteiger partial charge in [0.2, 0.25) is 0 Å². The first kappa shape index (κ1) is 9.68. The van der Waals surface area contributed by atoms with Crippen LogP contribution in [0.2, 0.25) is 0 Å². The van der Waals surface area contributed by atoms with Crippen LogP contribution in [0.25, 0.3) is 11.3 Å². The van der Waals surface area contributed by atoms with E-state index in [9.17, 15) is 5.11 Å². The van der Waals surface area contributed by atoms with Crippen molar-refractivity contribution < 1.29 is 5.11 Å². The Kier molecular flexibility index (Phi) is 2.56. The summed E-state index contributed by atoms with van der Waals surface area (Å²) in [6, 6.07) is 7.13. The lowest BCUT2D eigenvalue weighted by molar-refractivity contribution is 0.475. The minimum atomic E-state index is 0.269. The van der Waals surface area contributed by atoms with Crippen molar-refractivity contribution >= 4 is 27.3 Å². The molecule has 0 spiro atoms. The first-order valence-corrected chi connectivity index (χ1v) is 5.70. The van der Waals surface area contributed by atoms with E-state index in [1.165, 1.54) is 0 Å². The van der Waals surface area contributed by atoms with Gasteiger partial charge in [-0.2, -0.15) is 0 Å². The van der Waals surface area contributed by atoms with Gasteiger partial charge in [-0.25, -0.2) is 4.98 Å². The summed E-state index contributed by atoms with van der Waals surface area (Å²) in [6.07, 6.45) is 0. The molecular formula is C10H8BrNOS. The summed E-state index contributed by atoms with van der Waals surface area (Å²) in [7, 11) is 0. The maximum absolute atomic E-state index is 9.34. The lowest BCUT2D eigenvalue weighted by Gasteiger charge is -1.98. The maximum Gasteiger partial charge on any atom is 0.160 e. The molecule has 0 aliphatic carbocycles. The Morgan fingerprint density at radius 3 is 2.79 bits per heavy atom. The SMILES string of the molecule is Cc1sc(Br)nc1-c1cccc(O)c1. The fraction of sp³-hybridized carbons (Fsp3) is 0.100. The van der Waals surface area contributed by atoms with Crippen LogP contribution >= 0.6 is 27.3 Å². The van der Waals surface area contributed by atoms with Crippen molar-refractivity contribution in [3.63, 3.8) is 0 Å². The van der Waals surface area contributed by atoms with E-state index in [4.69, 9.17) is 0 Å². The molecule has 0 radical (unpaired) electrons. The van der Waals surface area contributed by atoms with E-state index >= 15 is 0 Å². The van der Waals surface area contributed by atoms with Crippen molar-refractivity contribution in [2.75, 3.05) is 0 Å². The van der Waals surface area contributed by atoms with Gasteiger partial charge in [-0.1, -0.05) is 12.1 Å². The van der Waals surface area contributed by atoms with E-state index in [0.29, 0.717) is 0 Å². The highest BCUT2D eigenvalue weighted by Crippen LogP contribution is 2.31. The molecule has 0 saturated carbocycles. The molecule has 0 aliphatic heterocycles. The first-order valence-electron chi connectivity index (χ1n) is 4.09. The zero-order chi connectivity index (χ0) is 10.1. The largest absolute Gasteiger partial charge is 0.508 e. The van der Waals surface area contributed by atoms with E-state index in [-0.39, 0.29) is 5.75 Å². The van der Waals surface area contributed by atoms with Crippen molar-refractivity contribution in [2.24, 2.45) is 0 Å².